The maximum absolute atomic E-state index is 9.14. The van der Waals surface area contributed by atoms with E-state index in [1.807, 2.05) is 24.3 Å². The first-order valence-corrected chi connectivity index (χ1v) is 7.10. The number of nitrogens with one attached hydrogen (secondary N) is 1. The molecule has 0 aliphatic rings. The SMILES string of the molecule is COc1ccccc1CC(C)Nc1cc(Cl)ccc1C#N. The van der Waals surface area contributed by atoms with E-state index in [1.54, 1.807) is 25.3 Å². The molecule has 0 spiro atoms. The second kappa shape index (κ2) is 7.01. The van der Waals surface area contributed by atoms with Crippen LogP contribution in [0.3, 0.4) is 0 Å². The second-order valence-electron chi connectivity index (χ2n) is 4.86. The molecular weight excluding hydrogens is 284 g/mol. The first-order chi connectivity index (χ1) is 10.1. The minimum atomic E-state index is 0.145. The molecule has 0 amide bonds. The highest BCUT2D eigenvalue weighted by molar-refractivity contribution is 6.30. The molecule has 0 bridgehead atoms. The molecule has 1 unspecified atom stereocenters. The number of nitrogens with zero attached hydrogens (tertiary/aromatic N) is 1. The zero-order valence-electron chi connectivity index (χ0n) is 12.1. The molecule has 0 heterocycles. The van der Waals surface area contributed by atoms with Crippen LogP contribution in [0.5, 0.6) is 5.75 Å². The van der Waals surface area contributed by atoms with Crippen LogP contribution in [-0.4, -0.2) is 13.2 Å². The van der Waals surface area contributed by atoms with Crippen molar-refractivity contribution in [3.63, 3.8) is 0 Å². The first kappa shape index (κ1) is 15.2. The maximum atomic E-state index is 9.14. The van der Waals surface area contributed by atoms with Gasteiger partial charge in [0.25, 0.3) is 0 Å². The van der Waals surface area contributed by atoms with Crippen molar-refractivity contribution in [3.8, 4) is 11.8 Å². The smallest absolute Gasteiger partial charge is 0.122 e. The molecule has 0 saturated carbocycles. The summed E-state index contributed by atoms with van der Waals surface area (Å²) in [5, 5.41) is 13.1. The molecule has 2 aromatic carbocycles. The van der Waals surface area contributed by atoms with Crippen molar-refractivity contribution in [3.05, 3.63) is 58.6 Å². The Kier molecular flexibility index (Phi) is 5.08. The Balaban J connectivity index is 2.14. The first-order valence-electron chi connectivity index (χ1n) is 6.72. The number of methoxy groups -OCH3 is 1. The van der Waals surface area contributed by atoms with E-state index < -0.39 is 0 Å². The van der Waals surface area contributed by atoms with E-state index in [-0.39, 0.29) is 6.04 Å². The van der Waals surface area contributed by atoms with Gasteiger partial charge in [-0.25, -0.2) is 0 Å². The quantitative estimate of drug-likeness (QED) is 0.897. The van der Waals surface area contributed by atoms with Gasteiger partial charge in [-0.05, 0) is 43.2 Å². The topological polar surface area (TPSA) is 45.0 Å². The van der Waals surface area contributed by atoms with E-state index in [0.717, 1.165) is 23.4 Å². The zero-order chi connectivity index (χ0) is 15.2. The van der Waals surface area contributed by atoms with Crippen LogP contribution in [0.2, 0.25) is 5.02 Å². The minimum absolute atomic E-state index is 0.145. The number of anilines is 1. The number of hydrogen-bond donors (Lipinski definition) is 1. The fourth-order valence-electron chi connectivity index (χ4n) is 2.25. The molecule has 4 heteroatoms. The summed E-state index contributed by atoms with van der Waals surface area (Å²) in [6.45, 7) is 2.06. The molecular formula is C17H17ClN2O. The highest BCUT2D eigenvalue weighted by Crippen LogP contribution is 2.23. The number of benzene rings is 2. The van der Waals surface area contributed by atoms with E-state index in [0.29, 0.717) is 10.6 Å². The number of rotatable bonds is 5. The average Bonchev–Trinajstić information content (AvgIpc) is 2.48. The van der Waals surface area contributed by atoms with Crippen molar-refractivity contribution in [1.82, 2.24) is 0 Å². The maximum Gasteiger partial charge on any atom is 0.122 e. The van der Waals surface area contributed by atoms with Gasteiger partial charge >= 0.3 is 0 Å². The van der Waals surface area contributed by atoms with Crippen LogP contribution in [0.4, 0.5) is 5.69 Å². The van der Waals surface area contributed by atoms with Crippen LogP contribution >= 0.6 is 11.6 Å². The van der Waals surface area contributed by atoms with E-state index in [4.69, 9.17) is 21.6 Å². The average molecular weight is 301 g/mol. The number of nitriles is 1. The van der Waals surface area contributed by atoms with Crippen LogP contribution < -0.4 is 10.1 Å². The summed E-state index contributed by atoms with van der Waals surface area (Å²) >= 11 is 6.00. The molecule has 1 atom stereocenters. The Bertz CT molecular complexity index is 664. The predicted molar refractivity (Wildman–Crippen MR) is 85.9 cm³/mol. The fourth-order valence-corrected chi connectivity index (χ4v) is 2.42. The van der Waals surface area contributed by atoms with Gasteiger partial charge in [0.2, 0.25) is 0 Å². The standard InChI is InChI=1S/C17H17ClN2O/c1-12(9-13-5-3-4-6-17(13)21-2)20-16-10-15(18)8-7-14(16)11-19/h3-8,10,12,20H,9H2,1-2H3. The van der Waals surface area contributed by atoms with Crippen LogP contribution in [0, 0.1) is 11.3 Å². The lowest BCUT2D eigenvalue weighted by Crippen LogP contribution is -2.19. The largest absolute Gasteiger partial charge is 0.496 e. The zero-order valence-corrected chi connectivity index (χ0v) is 12.8. The lowest BCUT2D eigenvalue weighted by Gasteiger charge is -2.18. The summed E-state index contributed by atoms with van der Waals surface area (Å²) in [6.07, 6.45) is 0.793. The molecule has 21 heavy (non-hydrogen) atoms. The van der Waals surface area contributed by atoms with E-state index in [1.165, 1.54) is 0 Å². The summed E-state index contributed by atoms with van der Waals surface area (Å²) in [5.41, 5.74) is 2.47. The monoisotopic (exact) mass is 300 g/mol. The van der Waals surface area contributed by atoms with Gasteiger partial charge in [-0.15, -0.1) is 0 Å². The Morgan fingerprint density at radius 3 is 2.76 bits per heavy atom. The number of halogens is 1. The third-order valence-electron chi connectivity index (χ3n) is 3.22. The van der Waals surface area contributed by atoms with Crippen molar-refractivity contribution in [1.29, 1.82) is 5.26 Å². The fraction of sp³-hybridized carbons (Fsp3) is 0.235. The number of para-hydroxylation sites is 1. The van der Waals surface area contributed by atoms with Gasteiger partial charge in [0.15, 0.2) is 0 Å². The van der Waals surface area contributed by atoms with Gasteiger partial charge in [-0.2, -0.15) is 5.26 Å². The minimum Gasteiger partial charge on any atom is -0.496 e. The number of hydrogen-bond acceptors (Lipinski definition) is 3. The van der Waals surface area contributed by atoms with E-state index in [2.05, 4.69) is 18.3 Å². The van der Waals surface area contributed by atoms with Gasteiger partial charge in [0.1, 0.15) is 11.8 Å². The third-order valence-corrected chi connectivity index (χ3v) is 3.46. The van der Waals surface area contributed by atoms with Gasteiger partial charge < -0.3 is 10.1 Å². The molecule has 0 aliphatic heterocycles. The normalized spacial score (nSPS) is 11.5. The van der Waals surface area contributed by atoms with Crippen LogP contribution in [0.25, 0.3) is 0 Å². The lowest BCUT2D eigenvalue weighted by molar-refractivity contribution is 0.409. The van der Waals surface area contributed by atoms with Gasteiger partial charge in [-0.1, -0.05) is 29.8 Å². The van der Waals surface area contributed by atoms with Gasteiger partial charge in [-0.3, -0.25) is 0 Å². The molecule has 2 aromatic rings. The molecule has 3 nitrogen and oxygen atoms in total. The second-order valence-corrected chi connectivity index (χ2v) is 5.30. The predicted octanol–water partition coefficient (Wildman–Crippen LogP) is 4.26. The van der Waals surface area contributed by atoms with Crippen molar-refractivity contribution < 1.29 is 4.74 Å². The highest BCUT2D eigenvalue weighted by atomic mass is 35.5. The summed E-state index contributed by atoms with van der Waals surface area (Å²) in [6, 6.07) is 15.5. The summed E-state index contributed by atoms with van der Waals surface area (Å²) in [5.74, 6) is 0.873. The Hall–Kier alpha value is -2.18. The highest BCUT2D eigenvalue weighted by Gasteiger charge is 2.10. The van der Waals surface area contributed by atoms with Crippen molar-refractivity contribution in [2.45, 2.75) is 19.4 Å². The lowest BCUT2D eigenvalue weighted by atomic mass is 10.1. The molecule has 0 aliphatic carbocycles. The molecule has 0 fully saturated rings. The van der Waals surface area contributed by atoms with Crippen molar-refractivity contribution in [2.24, 2.45) is 0 Å². The molecule has 0 aromatic heterocycles. The van der Waals surface area contributed by atoms with Gasteiger partial charge in [0.05, 0.1) is 18.4 Å². The summed E-state index contributed by atoms with van der Waals surface area (Å²) in [7, 11) is 1.67. The van der Waals surface area contributed by atoms with E-state index in [9.17, 15) is 0 Å². The molecule has 108 valence electrons. The third kappa shape index (κ3) is 3.90. The van der Waals surface area contributed by atoms with Crippen LogP contribution in [-0.2, 0) is 6.42 Å². The molecule has 1 N–H and O–H groups in total. The molecule has 0 radical (unpaired) electrons. The molecule has 0 saturated heterocycles. The van der Waals surface area contributed by atoms with Gasteiger partial charge in [0, 0.05) is 11.1 Å². The van der Waals surface area contributed by atoms with Crippen LogP contribution in [0.15, 0.2) is 42.5 Å². The Morgan fingerprint density at radius 1 is 1.29 bits per heavy atom. The summed E-state index contributed by atoms with van der Waals surface area (Å²) < 4.78 is 5.36. The van der Waals surface area contributed by atoms with Crippen molar-refractivity contribution in [2.75, 3.05) is 12.4 Å². The van der Waals surface area contributed by atoms with Crippen LogP contribution in [0.1, 0.15) is 18.1 Å². The summed E-state index contributed by atoms with van der Waals surface area (Å²) in [4.78, 5) is 0. The van der Waals surface area contributed by atoms with E-state index >= 15 is 0 Å². The number of ether oxygens (including phenoxy) is 1. The van der Waals surface area contributed by atoms with Crippen molar-refractivity contribution >= 4 is 17.3 Å². The Morgan fingerprint density at radius 2 is 2.05 bits per heavy atom. The Labute approximate surface area is 130 Å². The molecule has 2 rings (SSSR count).